The summed E-state index contributed by atoms with van der Waals surface area (Å²) in [7, 11) is 0. The van der Waals surface area contributed by atoms with Crippen molar-refractivity contribution in [2.45, 2.75) is 33.0 Å². The number of hydrogen-bond donors (Lipinski definition) is 0. The average Bonchev–Trinajstić information content (AvgIpc) is 2.78. The van der Waals surface area contributed by atoms with Gasteiger partial charge in [-0.25, -0.2) is 0 Å². The molecule has 0 aromatic heterocycles. The molecule has 1 fully saturated rings. The molecule has 0 spiro atoms. The van der Waals surface area contributed by atoms with Crippen LogP contribution in [0.25, 0.3) is 0 Å². The smallest absolute Gasteiger partial charge is 0.195 e. The zero-order valence-corrected chi connectivity index (χ0v) is 11.8. The Morgan fingerprint density at radius 1 is 1.33 bits per heavy atom. The first-order chi connectivity index (χ1) is 8.57. The molecule has 0 N–H and O–H groups in total. The van der Waals surface area contributed by atoms with Crippen molar-refractivity contribution in [3.8, 4) is 5.75 Å². The lowest BCUT2D eigenvalue weighted by Gasteiger charge is -2.26. The highest BCUT2D eigenvalue weighted by molar-refractivity contribution is 6.31. The van der Waals surface area contributed by atoms with Crippen molar-refractivity contribution >= 4 is 11.6 Å². The van der Waals surface area contributed by atoms with Gasteiger partial charge >= 0.3 is 0 Å². The Hall–Kier alpha value is -0.770. The van der Waals surface area contributed by atoms with Crippen LogP contribution < -0.4 is 4.74 Å². The van der Waals surface area contributed by atoms with Crippen LogP contribution in [0, 0.1) is 6.92 Å². The minimum absolute atomic E-state index is 0.592. The minimum Gasteiger partial charge on any atom is -0.493 e. The van der Waals surface area contributed by atoms with Gasteiger partial charge in [0.25, 0.3) is 0 Å². The zero-order chi connectivity index (χ0) is 13.2. The molecule has 1 aliphatic rings. The van der Waals surface area contributed by atoms with Crippen molar-refractivity contribution < 1.29 is 14.2 Å². The van der Waals surface area contributed by atoms with Gasteiger partial charge < -0.3 is 14.2 Å². The molecule has 0 radical (unpaired) electrons. The number of benzene rings is 1. The van der Waals surface area contributed by atoms with Gasteiger partial charge in [-0.1, -0.05) is 18.5 Å². The first-order valence-electron chi connectivity index (χ1n) is 6.28. The number of rotatable bonds is 4. The van der Waals surface area contributed by atoms with Crippen molar-refractivity contribution in [1.82, 2.24) is 0 Å². The molecule has 0 amide bonds. The zero-order valence-electron chi connectivity index (χ0n) is 11.1. The number of hydrogen-bond acceptors (Lipinski definition) is 3. The molecule has 1 saturated heterocycles. The van der Waals surface area contributed by atoms with E-state index in [4.69, 9.17) is 25.8 Å². The normalized spacial score (nSPS) is 18.0. The molecule has 3 nitrogen and oxygen atoms in total. The second kappa shape index (κ2) is 5.47. The monoisotopic (exact) mass is 270 g/mol. The van der Waals surface area contributed by atoms with E-state index in [0.717, 1.165) is 23.3 Å². The molecule has 0 unspecified atom stereocenters. The van der Waals surface area contributed by atoms with Gasteiger partial charge in [0.1, 0.15) is 5.75 Å². The summed E-state index contributed by atoms with van der Waals surface area (Å²) in [4.78, 5) is 0. The first kappa shape index (κ1) is 13.7. The summed E-state index contributed by atoms with van der Waals surface area (Å²) in [5.74, 6) is 0.0450. The summed E-state index contributed by atoms with van der Waals surface area (Å²) in [6, 6.07) is 3.83. The van der Waals surface area contributed by atoms with Crippen molar-refractivity contribution in [3.63, 3.8) is 0 Å². The lowest BCUT2D eigenvalue weighted by molar-refractivity contribution is -0.150. The molecule has 2 rings (SSSR count). The first-order valence-corrected chi connectivity index (χ1v) is 6.66. The molecule has 4 heteroatoms. The van der Waals surface area contributed by atoms with E-state index in [2.05, 4.69) is 6.92 Å². The summed E-state index contributed by atoms with van der Waals surface area (Å²) in [6.45, 7) is 7.80. The van der Waals surface area contributed by atoms with E-state index < -0.39 is 5.79 Å². The summed E-state index contributed by atoms with van der Waals surface area (Å²) in [5, 5.41) is 0.703. The van der Waals surface area contributed by atoms with Crippen LogP contribution in [0.3, 0.4) is 0 Å². The van der Waals surface area contributed by atoms with E-state index in [1.54, 1.807) is 0 Å². The van der Waals surface area contributed by atoms with Crippen LogP contribution in [-0.2, 0) is 15.3 Å². The molecule has 1 aliphatic heterocycles. The Kier molecular flexibility index (Phi) is 4.15. The largest absolute Gasteiger partial charge is 0.493 e. The van der Waals surface area contributed by atoms with Gasteiger partial charge in [-0.3, -0.25) is 0 Å². The molecule has 0 bridgehead atoms. The molecule has 1 aromatic carbocycles. The predicted molar refractivity (Wildman–Crippen MR) is 71.2 cm³/mol. The van der Waals surface area contributed by atoms with Crippen molar-refractivity contribution in [2.24, 2.45) is 0 Å². The molecule has 18 heavy (non-hydrogen) atoms. The number of aryl methyl sites for hydroxylation is 1. The third-order valence-electron chi connectivity index (χ3n) is 3.05. The fourth-order valence-corrected chi connectivity index (χ4v) is 2.18. The molecular formula is C14H19ClO3. The topological polar surface area (TPSA) is 27.7 Å². The minimum atomic E-state index is -0.750. The Morgan fingerprint density at radius 3 is 2.61 bits per heavy atom. The Bertz CT molecular complexity index is 425. The third-order valence-corrected chi connectivity index (χ3v) is 3.46. The van der Waals surface area contributed by atoms with Crippen molar-refractivity contribution in [2.75, 3.05) is 19.8 Å². The fraction of sp³-hybridized carbons (Fsp3) is 0.571. The van der Waals surface area contributed by atoms with Crippen molar-refractivity contribution in [3.05, 3.63) is 28.3 Å². The van der Waals surface area contributed by atoms with Gasteiger partial charge in [0.05, 0.1) is 25.4 Å². The van der Waals surface area contributed by atoms with Crippen LogP contribution in [0.5, 0.6) is 5.75 Å². The van der Waals surface area contributed by atoms with Crippen LogP contribution in [0.1, 0.15) is 31.4 Å². The van der Waals surface area contributed by atoms with Crippen LogP contribution in [0.2, 0.25) is 5.02 Å². The highest BCUT2D eigenvalue weighted by Gasteiger charge is 2.36. The number of halogens is 1. The molecule has 1 heterocycles. The molecule has 0 aliphatic carbocycles. The maximum atomic E-state index is 6.19. The van der Waals surface area contributed by atoms with E-state index in [1.807, 2.05) is 26.0 Å². The maximum absolute atomic E-state index is 6.19. The maximum Gasteiger partial charge on any atom is 0.195 e. The lowest BCUT2D eigenvalue weighted by Crippen LogP contribution is -2.23. The molecule has 100 valence electrons. The summed E-state index contributed by atoms with van der Waals surface area (Å²) in [6.07, 6.45) is 0.958. The van der Waals surface area contributed by atoms with Gasteiger partial charge in [-0.2, -0.15) is 0 Å². The highest BCUT2D eigenvalue weighted by atomic mass is 35.5. The SMILES string of the molecule is CCCOc1cc(C)c(Cl)cc1C1(C)OCCO1. The Balaban J connectivity index is 2.39. The Morgan fingerprint density at radius 2 is 2.00 bits per heavy atom. The lowest BCUT2D eigenvalue weighted by atomic mass is 10.0. The predicted octanol–water partition coefficient (Wildman–Crippen LogP) is 3.66. The number of ether oxygens (including phenoxy) is 3. The van der Waals surface area contributed by atoms with Gasteiger partial charge in [0, 0.05) is 5.02 Å². The van der Waals surface area contributed by atoms with Gasteiger partial charge in [0.15, 0.2) is 5.79 Å². The van der Waals surface area contributed by atoms with E-state index in [1.165, 1.54) is 0 Å². The summed E-state index contributed by atoms with van der Waals surface area (Å²) < 4.78 is 17.1. The van der Waals surface area contributed by atoms with E-state index in [0.29, 0.717) is 24.8 Å². The van der Waals surface area contributed by atoms with Gasteiger partial charge in [-0.05, 0) is 38.0 Å². The molecule has 0 atom stereocenters. The molecule has 1 aromatic rings. The fourth-order valence-electron chi connectivity index (χ4n) is 2.01. The second-order valence-electron chi connectivity index (χ2n) is 4.59. The van der Waals surface area contributed by atoms with Gasteiger partial charge in [-0.15, -0.1) is 0 Å². The van der Waals surface area contributed by atoms with E-state index in [-0.39, 0.29) is 0 Å². The van der Waals surface area contributed by atoms with Gasteiger partial charge in [0.2, 0.25) is 0 Å². The Labute approximate surface area is 113 Å². The average molecular weight is 271 g/mol. The van der Waals surface area contributed by atoms with E-state index in [9.17, 15) is 0 Å². The van der Waals surface area contributed by atoms with Crippen LogP contribution in [-0.4, -0.2) is 19.8 Å². The van der Waals surface area contributed by atoms with Crippen molar-refractivity contribution in [1.29, 1.82) is 0 Å². The highest BCUT2D eigenvalue weighted by Crippen LogP contribution is 2.39. The van der Waals surface area contributed by atoms with Crippen LogP contribution in [0.4, 0.5) is 0 Å². The molecule has 0 saturated carbocycles. The summed E-state index contributed by atoms with van der Waals surface area (Å²) >= 11 is 6.19. The quantitative estimate of drug-likeness (QED) is 0.836. The van der Waals surface area contributed by atoms with Crippen LogP contribution >= 0.6 is 11.6 Å². The van der Waals surface area contributed by atoms with E-state index >= 15 is 0 Å². The summed E-state index contributed by atoms with van der Waals surface area (Å²) in [5.41, 5.74) is 1.86. The third kappa shape index (κ3) is 2.63. The standard InChI is InChI=1S/C14H19ClO3/c1-4-5-16-13-8-10(2)12(15)9-11(13)14(3)17-6-7-18-14/h8-9H,4-7H2,1-3H3. The molecular weight excluding hydrogens is 252 g/mol. The second-order valence-corrected chi connectivity index (χ2v) is 5.00. The van der Waals surface area contributed by atoms with Crippen LogP contribution in [0.15, 0.2) is 12.1 Å².